The molecule has 20 heavy (non-hydrogen) atoms. The van der Waals surface area contributed by atoms with Gasteiger partial charge in [-0.3, -0.25) is 15.1 Å². The summed E-state index contributed by atoms with van der Waals surface area (Å²) >= 11 is 1.30. The summed E-state index contributed by atoms with van der Waals surface area (Å²) in [6.45, 7) is 1.87. The van der Waals surface area contributed by atoms with Gasteiger partial charge in [0.25, 0.3) is 5.91 Å². The number of carbonyl (C=O) groups excluding carboxylic acids is 1. The molecule has 0 aliphatic rings. The van der Waals surface area contributed by atoms with E-state index in [1.54, 1.807) is 24.5 Å². The molecule has 0 spiro atoms. The molecule has 0 aromatic carbocycles. The number of nitrogens with one attached hydrogen (secondary N) is 1. The summed E-state index contributed by atoms with van der Waals surface area (Å²) in [6, 6.07) is 3.36. The number of aromatic nitrogens is 2. The lowest BCUT2D eigenvalue weighted by atomic mass is 10.2. The summed E-state index contributed by atoms with van der Waals surface area (Å²) in [6.07, 6.45) is 3.62. The van der Waals surface area contributed by atoms with Crippen molar-refractivity contribution in [3.05, 3.63) is 40.7 Å². The third-order valence-corrected chi connectivity index (χ3v) is 3.16. The van der Waals surface area contributed by atoms with Crippen LogP contribution in [0.25, 0.3) is 0 Å². The average molecular weight is 287 g/mol. The minimum Gasteiger partial charge on any atom is -0.395 e. The Balaban J connectivity index is 2.04. The molecular weight excluding hydrogens is 274 g/mol. The van der Waals surface area contributed by atoms with Crippen molar-refractivity contribution in [1.29, 1.82) is 0 Å². The molecule has 0 unspecified atom stereocenters. The number of anilines is 1. The first-order valence-corrected chi connectivity index (χ1v) is 6.80. The van der Waals surface area contributed by atoms with E-state index in [1.807, 2.05) is 6.92 Å². The minimum atomic E-state index is -0.222. The molecule has 0 saturated carbocycles. The monoisotopic (exact) mass is 287 g/mol. The molecule has 6 heteroatoms. The Kier molecular flexibility index (Phi) is 4.82. The van der Waals surface area contributed by atoms with Crippen LogP contribution in [0, 0.1) is 18.8 Å². The molecular formula is C14H13N3O2S. The van der Waals surface area contributed by atoms with Crippen LogP contribution in [0.2, 0.25) is 0 Å². The molecule has 102 valence electrons. The summed E-state index contributed by atoms with van der Waals surface area (Å²) in [4.78, 5) is 20.9. The van der Waals surface area contributed by atoms with Crippen LogP contribution in [0.4, 0.5) is 5.13 Å². The van der Waals surface area contributed by atoms with Crippen LogP contribution in [0.3, 0.4) is 0 Å². The molecule has 2 heterocycles. The van der Waals surface area contributed by atoms with Crippen molar-refractivity contribution in [2.45, 2.75) is 13.3 Å². The Bertz CT molecular complexity index is 670. The topological polar surface area (TPSA) is 75.1 Å². The molecule has 2 rings (SSSR count). The van der Waals surface area contributed by atoms with Gasteiger partial charge in [0.2, 0.25) is 0 Å². The van der Waals surface area contributed by atoms with Gasteiger partial charge in [0.05, 0.1) is 17.7 Å². The number of thiazole rings is 1. The zero-order valence-electron chi connectivity index (χ0n) is 10.9. The molecule has 0 aliphatic carbocycles. The van der Waals surface area contributed by atoms with Gasteiger partial charge < -0.3 is 5.11 Å². The van der Waals surface area contributed by atoms with Gasteiger partial charge in [0, 0.05) is 23.9 Å². The largest absolute Gasteiger partial charge is 0.395 e. The maximum absolute atomic E-state index is 12.0. The first-order valence-electron chi connectivity index (χ1n) is 5.98. The zero-order valence-corrected chi connectivity index (χ0v) is 11.7. The van der Waals surface area contributed by atoms with E-state index in [2.05, 4.69) is 27.1 Å². The normalized spacial score (nSPS) is 9.70. The number of hydrogen-bond acceptors (Lipinski definition) is 5. The van der Waals surface area contributed by atoms with Gasteiger partial charge in [0.1, 0.15) is 0 Å². The van der Waals surface area contributed by atoms with Gasteiger partial charge in [-0.1, -0.05) is 23.2 Å². The third-order valence-electron chi connectivity index (χ3n) is 2.33. The average Bonchev–Trinajstić information content (AvgIpc) is 2.86. The first kappa shape index (κ1) is 14.2. The summed E-state index contributed by atoms with van der Waals surface area (Å²) in [5.74, 6) is 5.46. The van der Waals surface area contributed by atoms with E-state index >= 15 is 0 Å². The van der Waals surface area contributed by atoms with Gasteiger partial charge in [-0.25, -0.2) is 4.98 Å². The molecule has 2 N–H and O–H groups in total. The van der Waals surface area contributed by atoms with Crippen molar-refractivity contribution in [2.75, 3.05) is 11.9 Å². The Labute approximate surface area is 120 Å². The quantitative estimate of drug-likeness (QED) is 0.845. The Morgan fingerprint density at radius 1 is 1.50 bits per heavy atom. The van der Waals surface area contributed by atoms with Crippen LogP contribution in [-0.4, -0.2) is 27.6 Å². The van der Waals surface area contributed by atoms with E-state index in [4.69, 9.17) is 5.11 Å². The summed E-state index contributed by atoms with van der Waals surface area (Å²) in [5.41, 5.74) is 1.33. The number of amides is 1. The van der Waals surface area contributed by atoms with Crippen LogP contribution in [0.5, 0.6) is 0 Å². The van der Waals surface area contributed by atoms with Gasteiger partial charge in [-0.15, -0.1) is 0 Å². The molecule has 5 nitrogen and oxygen atoms in total. The number of aliphatic hydroxyl groups is 1. The Morgan fingerprint density at radius 2 is 2.35 bits per heavy atom. The minimum absolute atomic E-state index is 0.0385. The Hall–Kier alpha value is -2.23. The summed E-state index contributed by atoms with van der Waals surface area (Å²) < 4.78 is 0. The number of rotatable bonds is 3. The second kappa shape index (κ2) is 6.80. The fraction of sp³-hybridized carbons (Fsp3) is 0.214. The lowest BCUT2D eigenvalue weighted by molar-refractivity contribution is 0.102. The number of nitrogens with zero attached hydrogens (tertiary/aromatic N) is 2. The second-order valence-electron chi connectivity index (χ2n) is 3.95. The van der Waals surface area contributed by atoms with E-state index in [0.29, 0.717) is 17.1 Å². The highest BCUT2D eigenvalue weighted by atomic mass is 32.1. The zero-order chi connectivity index (χ0) is 14.4. The molecule has 1 amide bonds. The van der Waals surface area contributed by atoms with Crippen LogP contribution in [0.1, 0.15) is 27.3 Å². The van der Waals surface area contributed by atoms with E-state index < -0.39 is 0 Å². The summed E-state index contributed by atoms with van der Waals surface area (Å²) in [5, 5.41) is 11.9. The van der Waals surface area contributed by atoms with Crippen molar-refractivity contribution >= 4 is 22.4 Å². The van der Waals surface area contributed by atoms with Gasteiger partial charge in [-0.2, -0.15) is 0 Å². The highest BCUT2D eigenvalue weighted by Gasteiger charge is 2.08. The maximum Gasteiger partial charge on any atom is 0.257 e. The van der Waals surface area contributed by atoms with Crippen molar-refractivity contribution < 1.29 is 9.90 Å². The van der Waals surface area contributed by atoms with Crippen LogP contribution < -0.4 is 5.32 Å². The lowest BCUT2D eigenvalue weighted by Gasteiger charge is -2.01. The van der Waals surface area contributed by atoms with Crippen LogP contribution in [0.15, 0.2) is 24.5 Å². The number of pyridine rings is 1. The summed E-state index contributed by atoms with van der Waals surface area (Å²) in [7, 11) is 0. The molecule has 0 aliphatic heterocycles. The molecule has 0 bridgehead atoms. The predicted octanol–water partition coefficient (Wildman–Crippen LogP) is 1.83. The third kappa shape index (κ3) is 3.88. The first-order chi connectivity index (χ1) is 9.69. The standard InChI is InChI=1S/C14H13N3O2S/c1-10-8-11(5-6-15-10)13(19)17-14-16-9-12(20-14)4-2-3-7-18/h5-6,8-9,18H,3,7H2,1H3,(H,16,17,19). The van der Waals surface area contributed by atoms with Gasteiger partial charge in [0.15, 0.2) is 5.13 Å². The SMILES string of the molecule is Cc1cc(C(=O)Nc2ncc(C#CCCO)s2)ccn1. The number of aliphatic hydroxyl groups excluding tert-OH is 1. The van der Waals surface area contributed by atoms with Gasteiger partial charge >= 0.3 is 0 Å². The number of carbonyl (C=O) groups is 1. The van der Waals surface area contributed by atoms with Crippen molar-refractivity contribution in [3.8, 4) is 11.8 Å². The fourth-order valence-electron chi connectivity index (χ4n) is 1.45. The molecule has 0 atom stereocenters. The van der Waals surface area contributed by atoms with E-state index in [1.165, 1.54) is 11.3 Å². The predicted molar refractivity (Wildman–Crippen MR) is 77.6 cm³/mol. The molecule has 2 aromatic rings. The maximum atomic E-state index is 12.0. The highest BCUT2D eigenvalue weighted by Crippen LogP contribution is 2.18. The molecule has 2 aromatic heterocycles. The smallest absolute Gasteiger partial charge is 0.257 e. The number of aryl methyl sites for hydroxylation is 1. The van der Waals surface area contributed by atoms with Crippen molar-refractivity contribution in [1.82, 2.24) is 9.97 Å². The van der Waals surface area contributed by atoms with E-state index in [0.717, 1.165) is 10.6 Å². The fourth-order valence-corrected chi connectivity index (χ4v) is 2.14. The highest BCUT2D eigenvalue weighted by molar-refractivity contribution is 7.16. The van der Waals surface area contributed by atoms with Crippen LogP contribution >= 0.6 is 11.3 Å². The van der Waals surface area contributed by atoms with Crippen molar-refractivity contribution in [3.63, 3.8) is 0 Å². The van der Waals surface area contributed by atoms with E-state index in [9.17, 15) is 4.79 Å². The second-order valence-corrected chi connectivity index (χ2v) is 4.98. The van der Waals surface area contributed by atoms with Crippen LogP contribution in [-0.2, 0) is 0 Å². The lowest BCUT2D eigenvalue weighted by Crippen LogP contribution is -2.11. The van der Waals surface area contributed by atoms with Crippen molar-refractivity contribution in [2.24, 2.45) is 0 Å². The van der Waals surface area contributed by atoms with E-state index in [-0.39, 0.29) is 12.5 Å². The Morgan fingerprint density at radius 3 is 3.10 bits per heavy atom. The molecule has 0 fully saturated rings. The molecule has 0 radical (unpaired) electrons. The molecule has 0 saturated heterocycles. The number of hydrogen-bond donors (Lipinski definition) is 2. The van der Waals surface area contributed by atoms with Gasteiger partial charge in [-0.05, 0) is 19.1 Å².